The molecule has 192 valence electrons. The zero-order chi connectivity index (χ0) is 26.0. The minimum absolute atomic E-state index is 0.139. The van der Waals surface area contributed by atoms with Gasteiger partial charge in [0, 0.05) is 23.2 Å². The molecule has 0 aliphatic heterocycles. The molecule has 1 aromatic carbocycles. The first-order valence-electron chi connectivity index (χ1n) is 14.2. The second-order valence-electron chi connectivity index (χ2n) is 13.7. The van der Waals surface area contributed by atoms with Gasteiger partial charge in [-0.2, -0.15) is 0 Å². The number of allylic oxidation sites excluding steroid dienone is 4. The summed E-state index contributed by atoms with van der Waals surface area (Å²) in [4.78, 5) is 12.3. The molecule has 0 bridgehead atoms. The van der Waals surface area contributed by atoms with E-state index < -0.39 is 5.60 Å². The van der Waals surface area contributed by atoms with Gasteiger partial charge in [0.15, 0.2) is 5.78 Å². The van der Waals surface area contributed by atoms with Gasteiger partial charge in [0.05, 0.1) is 0 Å². The molecule has 0 saturated heterocycles. The Hall–Kier alpha value is -2.11. The summed E-state index contributed by atoms with van der Waals surface area (Å²) in [7, 11) is 0. The average Bonchev–Trinajstić information content (AvgIpc) is 3.02. The van der Waals surface area contributed by atoms with Crippen molar-refractivity contribution in [3.05, 3.63) is 58.2 Å². The zero-order valence-electron chi connectivity index (χ0n) is 23.4. The van der Waals surface area contributed by atoms with Crippen molar-refractivity contribution in [2.24, 2.45) is 28.6 Å². The Labute approximate surface area is 218 Å². The van der Waals surface area contributed by atoms with Crippen molar-refractivity contribution < 1.29 is 9.90 Å². The fourth-order valence-corrected chi connectivity index (χ4v) is 7.96. The summed E-state index contributed by atoms with van der Waals surface area (Å²) in [5.41, 5.74) is 5.66. The lowest BCUT2D eigenvalue weighted by Crippen LogP contribution is -2.52. The van der Waals surface area contributed by atoms with Crippen molar-refractivity contribution in [3.8, 4) is 11.8 Å². The molecule has 0 radical (unpaired) electrons. The highest BCUT2D eigenvalue weighted by Crippen LogP contribution is 2.68. The molecule has 1 aromatic rings. The number of aliphatic hydroxyl groups is 1. The van der Waals surface area contributed by atoms with Crippen molar-refractivity contribution >= 4 is 5.78 Å². The summed E-state index contributed by atoms with van der Waals surface area (Å²) in [5.74, 6) is 8.96. The molecule has 2 saturated carbocycles. The van der Waals surface area contributed by atoms with E-state index in [2.05, 4.69) is 84.6 Å². The fourth-order valence-electron chi connectivity index (χ4n) is 7.96. The van der Waals surface area contributed by atoms with Crippen LogP contribution in [-0.4, -0.2) is 16.5 Å². The molecule has 2 heteroatoms. The molecule has 4 aliphatic carbocycles. The Balaban J connectivity index is 1.67. The Morgan fingerprint density at radius 2 is 1.78 bits per heavy atom. The van der Waals surface area contributed by atoms with Crippen LogP contribution in [0, 0.1) is 40.4 Å². The van der Waals surface area contributed by atoms with Crippen molar-refractivity contribution in [3.63, 3.8) is 0 Å². The van der Waals surface area contributed by atoms with Crippen LogP contribution in [-0.2, 0) is 4.79 Å². The quantitative estimate of drug-likeness (QED) is 0.436. The SMILES string of the molecule is CC(C)c1ccc([C@H]2C[C@@]3(C)[C@@H](C[C@@H](C)[C@@]3(O)C#CC(C)(C)C)[C@@H]3CCC4=CC(=O)CCC4=C32)cc1. The Kier molecular flexibility index (Phi) is 6.19. The Morgan fingerprint density at radius 1 is 1.08 bits per heavy atom. The van der Waals surface area contributed by atoms with Gasteiger partial charge in [0.25, 0.3) is 0 Å². The van der Waals surface area contributed by atoms with Gasteiger partial charge in [0.1, 0.15) is 5.60 Å². The summed E-state index contributed by atoms with van der Waals surface area (Å²) in [6.07, 6.45) is 7.45. The van der Waals surface area contributed by atoms with E-state index >= 15 is 0 Å². The van der Waals surface area contributed by atoms with Crippen molar-refractivity contribution in [2.45, 2.75) is 104 Å². The van der Waals surface area contributed by atoms with Crippen LogP contribution in [0.4, 0.5) is 0 Å². The smallest absolute Gasteiger partial charge is 0.156 e. The molecule has 0 unspecified atom stereocenters. The summed E-state index contributed by atoms with van der Waals surface area (Å²) in [5, 5.41) is 12.4. The summed E-state index contributed by atoms with van der Waals surface area (Å²) < 4.78 is 0. The second-order valence-corrected chi connectivity index (χ2v) is 13.7. The molecule has 2 nitrogen and oxygen atoms in total. The highest BCUT2D eigenvalue weighted by molar-refractivity contribution is 5.93. The van der Waals surface area contributed by atoms with E-state index in [0.717, 1.165) is 32.1 Å². The molecule has 4 aliphatic rings. The van der Waals surface area contributed by atoms with Gasteiger partial charge in [-0.05, 0) is 105 Å². The summed E-state index contributed by atoms with van der Waals surface area (Å²) >= 11 is 0. The van der Waals surface area contributed by atoms with E-state index in [1.54, 1.807) is 5.57 Å². The number of benzene rings is 1. The van der Waals surface area contributed by atoms with Crippen LogP contribution in [0.2, 0.25) is 0 Å². The van der Waals surface area contributed by atoms with Crippen molar-refractivity contribution in [1.29, 1.82) is 0 Å². The first-order chi connectivity index (χ1) is 16.8. The van der Waals surface area contributed by atoms with E-state index in [9.17, 15) is 9.90 Å². The molecule has 0 aromatic heterocycles. The van der Waals surface area contributed by atoms with Crippen LogP contribution < -0.4 is 0 Å². The first kappa shape index (κ1) is 25.5. The predicted octanol–water partition coefficient (Wildman–Crippen LogP) is 7.74. The number of carbonyl (C=O) groups excluding carboxylic acids is 1. The number of hydrogen-bond acceptors (Lipinski definition) is 2. The Bertz CT molecular complexity index is 1180. The molecule has 1 N–H and O–H groups in total. The third kappa shape index (κ3) is 4.03. The second kappa shape index (κ2) is 8.73. The molecule has 5 rings (SSSR count). The van der Waals surface area contributed by atoms with E-state index in [1.165, 1.54) is 22.3 Å². The molecule has 0 heterocycles. The van der Waals surface area contributed by atoms with Crippen molar-refractivity contribution in [1.82, 2.24) is 0 Å². The predicted molar refractivity (Wildman–Crippen MR) is 148 cm³/mol. The van der Waals surface area contributed by atoms with Crippen LogP contribution in [0.5, 0.6) is 0 Å². The van der Waals surface area contributed by atoms with Gasteiger partial charge >= 0.3 is 0 Å². The maximum absolute atomic E-state index is 12.4. The highest BCUT2D eigenvalue weighted by Gasteiger charge is 2.65. The highest BCUT2D eigenvalue weighted by atomic mass is 16.3. The lowest BCUT2D eigenvalue weighted by Gasteiger charge is -2.54. The average molecular weight is 485 g/mol. The standard InChI is InChI=1S/C34H44O2/c1-21(2)23-8-10-24(11-9-23)29-20-33(7)30(18-22(3)34(33,36)17-16-32(4,5)6)28-14-12-25-19-26(35)13-15-27(25)31(28)29/h8-11,19,21-22,28-30,36H,12-15,18,20H2,1-7H3/t22-,28+,29-,30+,33+,34+/m1/s1. The molecule has 36 heavy (non-hydrogen) atoms. The number of hydrogen-bond donors (Lipinski definition) is 1. The lowest BCUT2D eigenvalue weighted by atomic mass is 9.51. The first-order valence-corrected chi connectivity index (χ1v) is 14.2. The third-order valence-corrected chi connectivity index (χ3v) is 9.95. The molecule has 2 fully saturated rings. The number of rotatable bonds is 2. The van der Waals surface area contributed by atoms with Crippen LogP contribution in [0.3, 0.4) is 0 Å². The normalized spacial score (nSPS) is 36.0. The van der Waals surface area contributed by atoms with E-state index in [4.69, 9.17) is 0 Å². The topological polar surface area (TPSA) is 37.3 Å². The van der Waals surface area contributed by atoms with Crippen LogP contribution in [0.1, 0.15) is 110 Å². The van der Waals surface area contributed by atoms with Gasteiger partial charge in [-0.25, -0.2) is 0 Å². The van der Waals surface area contributed by atoms with E-state index in [0.29, 0.717) is 24.2 Å². The monoisotopic (exact) mass is 484 g/mol. The maximum atomic E-state index is 12.4. The van der Waals surface area contributed by atoms with E-state index in [-0.39, 0.29) is 28.4 Å². The van der Waals surface area contributed by atoms with Crippen LogP contribution in [0.15, 0.2) is 47.1 Å². The van der Waals surface area contributed by atoms with Gasteiger partial charge in [0.2, 0.25) is 0 Å². The minimum atomic E-state index is -0.990. The van der Waals surface area contributed by atoms with Gasteiger partial charge in [-0.15, -0.1) is 0 Å². The minimum Gasteiger partial charge on any atom is -0.377 e. The summed E-state index contributed by atoms with van der Waals surface area (Å²) in [6, 6.07) is 9.25. The van der Waals surface area contributed by atoms with Crippen LogP contribution >= 0.6 is 0 Å². The molecule has 6 atom stereocenters. The van der Waals surface area contributed by atoms with E-state index in [1.807, 2.05) is 6.08 Å². The Morgan fingerprint density at radius 3 is 2.42 bits per heavy atom. The lowest BCUT2D eigenvalue weighted by molar-refractivity contribution is -0.114. The number of ketones is 1. The molecular weight excluding hydrogens is 440 g/mol. The molecule has 0 spiro atoms. The maximum Gasteiger partial charge on any atom is 0.156 e. The summed E-state index contributed by atoms with van der Waals surface area (Å²) in [6.45, 7) is 15.4. The molecular formula is C34H44O2. The van der Waals surface area contributed by atoms with Crippen molar-refractivity contribution in [2.75, 3.05) is 0 Å². The number of fused-ring (bicyclic) bond motifs is 4. The largest absolute Gasteiger partial charge is 0.377 e. The zero-order valence-corrected chi connectivity index (χ0v) is 23.4. The molecule has 0 amide bonds. The number of carbonyl (C=O) groups is 1. The van der Waals surface area contributed by atoms with Gasteiger partial charge in [-0.1, -0.05) is 69.4 Å². The third-order valence-electron chi connectivity index (χ3n) is 9.95. The fraction of sp³-hybridized carbons (Fsp3) is 0.618. The van der Waals surface area contributed by atoms with Gasteiger partial charge < -0.3 is 5.11 Å². The van der Waals surface area contributed by atoms with Crippen LogP contribution in [0.25, 0.3) is 0 Å². The van der Waals surface area contributed by atoms with Gasteiger partial charge in [-0.3, -0.25) is 4.79 Å².